The third-order valence-electron chi connectivity index (χ3n) is 4.67. The molecule has 4 rings (SSSR count). The molecule has 2 aromatic heterocycles. The van der Waals surface area contributed by atoms with Crippen molar-refractivity contribution in [3.63, 3.8) is 0 Å². The van der Waals surface area contributed by atoms with Gasteiger partial charge in [0.25, 0.3) is 0 Å². The number of hydrogen-bond donors (Lipinski definition) is 2. The normalized spacial score (nSPS) is 11.7. The lowest BCUT2D eigenvalue weighted by atomic mass is 10.1. The molecule has 0 aliphatic carbocycles. The number of benzene rings is 2. The minimum Gasteiger partial charge on any atom is -0.478 e. The highest BCUT2D eigenvalue weighted by atomic mass is 19.1. The van der Waals surface area contributed by atoms with Crippen molar-refractivity contribution in [3.8, 4) is 11.3 Å². The molecule has 0 unspecified atom stereocenters. The predicted molar refractivity (Wildman–Crippen MR) is 114 cm³/mol. The molecular weight excluding hydrogens is 401 g/mol. The van der Waals surface area contributed by atoms with Crippen LogP contribution >= 0.6 is 0 Å². The van der Waals surface area contributed by atoms with Crippen molar-refractivity contribution in [3.05, 3.63) is 77.9 Å². The first-order valence-electron chi connectivity index (χ1n) is 9.72. The fourth-order valence-corrected chi connectivity index (χ4v) is 3.16. The number of halogens is 1. The largest absolute Gasteiger partial charge is 0.478 e. The molecule has 0 bridgehead atoms. The SMILES string of the molecule is CCCONC(=Cn1ccc2c(C(=O)O)cccc21)c1cc(-c2ccc(F)cc2)no1. The second-order valence-electron chi connectivity index (χ2n) is 6.84. The fourth-order valence-electron chi connectivity index (χ4n) is 3.16. The van der Waals surface area contributed by atoms with E-state index >= 15 is 0 Å². The Labute approximate surface area is 177 Å². The average molecular weight is 421 g/mol. The smallest absolute Gasteiger partial charge is 0.336 e. The summed E-state index contributed by atoms with van der Waals surface area (Å²) in [4.78, 5) is 17.0. The van der Waals surface area contributed by atoms with Gasteiger partial charge in [-0.15, -0.1) is 0 Å². The molecule has 7 nitrogen and oxygen atoms in total. The van der Waals surface area contributed by atoms with Crippen LogP contribution in [-0.4, -0.2) is 27.4 Å². The molecule has 0 fully saturated rings. The van der Waals surface area contributed by atoms with Gasteiger partial charge in [0, 0.05) is 29.4 Å². The van der Waals surface area contributed by atoms with Crippen LogP contribution in [0.25, 0.3) is 34.1 Å². The molecule has 0 amide bonds. The molecule has 2 aromatic carbocycles. The van der Waals surface area contributed by atoms with Crippen molar-refractivity contribution in [2.75, 3.05) is 6.61 Å². The Kier molecular flexibility index (Phi) is 5.81. The van der Waals surface area contributed by atoms with Crippen LogP contribution in [0.5, 0.6) is 0 Å². The number of rotatable bonds is 8. The quantitative estimate of drug-likeness (QED) is 0.307. The zero-order valence-electron chi connectivity index (χ0n) is 16.7. The van der Waals surface area contributed by atoms with Gasteiger partial charge in [0.2, 0.25) is 0 Å². The Hall–Kier alpha value is -3.91. The highest BCUT2D eigenvalue weighted by Crippen LogP contribution is 2.25. The lowest BCUT2D eigenvalue weighted by molar-refractivity contribution is 0.0699. The Morgan fingerprint density at radius 2 is 2.06 bits per heavy atom. The van der Waals surface area contributed by atoms with Gasteiger partial charge in [-0.05, 0) is 48.9 Å². The summed E-state index contributed by atoms with van der Waals surface area (Å²) >= 11 is 0. The van der Waals surface area contributed by atoms with E-state index in [9.17, 15) is 14.3 Å². The Morgan fingerprint density at radius 3 is 2.81 bits per heavy atom. The molecule has 0 saturated heterocycles. The van der Waals surface area contributed by atoms with Crippen molar-refractivity contribution in [2.45, 2.75) is 13.3 Å². The van der Waals surface area contributed by atoms with Gasteiger partial charge < -0.3 is 14.2 Å². The minimum atomic E-state index is -0.990. The number of aromatic nitrogens is 2. The van der Waals surface area contributed by atoms with Crippen molar-refractivity contribution < 1.29 is 23.7 Å². The maximum atomic E-state index is 13.2. The number of carboxylic acids is 1. The molecule has 0 aliphatic rings. The van der Waals surface area contributed by atoms with Crippen LogP contribution in [0.15, 0.2) is 65.3 Å². The van der Waals surface area contributed by atoms with Gasteiger partial charge >= 0.3 is 5.97 Å². The Bertz CT molecular complexity index is 1240. The zero-order valence-corrected chi connectivity index (χ0v) is 16.7. The number of nitrogens with zero attached hydrogens (tertiary/aromatic N) is 2. The van der Waals surface area contributed by atoms with Crippen LogP contribution in [-0.2, 0) is 4.84 Å². The highest BCUT2D eigenvalue weighted by Gasteiger charge is 2.14. The molecular formula is C23H20FN3O4. The van der Waals surface area contributed by atoms with Crippen molar-refractivity contribution in [1.29, 1.82) is 0 Å². The summed E-state index contributed by atoms with van der Waals surface area (Å²) in [5.74, 6) is -0.911. The number of carboxylic acid groups (broad SMARTS) is 1. The van der Waals surface area contributed by atoms with E-state index < -0.39 is 5.97 Å². The molecule has 2 N–H and O–H groups in total. The second-order valence-corrected chi connectivity index (χ2v) is 6.84. The van der Waals surface area contributed by atoms with Crippen LogP contribution < -0.4 is 5.48 Å². The summed E-state index contributed by atoms with van der Waals surface area (Å²) in [5, 5.41) is 14.1. The van der Waals surface area contributed by atoms with Gasteiger partial charge in [-0.3, -0.25) is 10.3 Å². The molecule has 8 heteroatoms. The maximum Gasteiger partial charge on any atom is 0.336 e. The number of carbonyl (C=O) groups is 1. The third-order valence-corrected chi connectivity index (χ3v) is 4.67. The van der Waals surface area contributed by atoms with E-state index in [2.05, 4.69) is 10.6 Å². The molecule has 31 heavy (non-hydrogen) atoms. The monoisotopic (exact) mass is 421 g/mol. The molecule has 4 aromatic rings. The van der Waals surface area contributed by atoms with E-state index in [0.29, 0.717) is 40.2 Å². The van der Waals surface area contributed by atoms with Gasteiger partial charge in [0.05, 0.1) is 17.7 Å². The van der Waals surface area contributed by atoms with Crippen molar-refractivity contribution in [2.24, 2.45) is 0 Å². The number of fused-ring (bicyclic) bond motifs is 1. The lowest BCUT2D eigenvalue weighted by Gasteiger charge is -2.09. The number of aromatic carboxylic acids is 1. The van der Waals surface area contributed by atoms with Gasteiger partial charge in [-0.25, -0.2) is 9.18 Å². The van der Waals surface area contributed by atoms with Gasteiger partial charge in [-0.1, -0.05) is 18.1 Å². The standard InChI is InChI=1S/C23H20FN3O4/c1-2-12-30-25-20(22-13-19(26-31-22)15-6-8-16(24)9-7-15)14-27-11-10-17-18(23(28)29)4-3-5-21(17)27/h3-11,13-14,25H,2,12H2,1H3,(H,28,29). The first-order valence-corrected chi connectivity index (χ1v) is 9.72. The zero-order chi connectivity index (χ0) is 21.8. The van der Waals surface area contributed by atoms with Crippen LogP contribution in [0.4, 0.5) is 4.39 Å². The number of nitrogens with one attached hydrogen (secondary N) is 1. The third kappa shape index (κ3) is 4.34. The minimum absolute atomic E-state index is 0.222. The predicted octanol–water partition coefficient (Wildman–Crippen LogP) is 5.02. The molecule has 0 radical (unpaired) electrons. The fraction of sp³-hybridized carbons (Fsp3) is 0.130. The van der Waals surface area contributed by atoms with E-state index in [-0.39, 0.29) is 11.4 Å². The van der Waals surface area contributed by atoms with Gasteiger partial charge in [0.15, 0.2) is 5.76 Å². The first kappa shape index (κ1) is 20.4. The van der Waals surface area contributed by atoms with E-state index in [0.717, 1.165) is 6.42 Å². The summed E-state index contributed by atoms with van der Waals surface area (Å²) < 4.78 is 20.5. The van der Waals surface area contributed by atoms with E-state index in [1.54, 1.807) is 53.4 Å². The Morgan fingerprint density at radius 1 is 1.26 bits per heavy atom. The molecule has 0 saturated carbocycles. The second kappa shape index (κ2) is 8.85. The van der Waals surface area contributed by atoms with Crippen LogP contribution in [0.3, 0.4) is 0 Å². The van der Waals surface area contributed by atoms with Gasteiger partial charge in [0.1, 0.15) is 17.2 Å². The van der Waals surface area contributed by atoms with E-state index in [4.69, 9.17) is 9.36 Å². The molecule has 2 heterocycles. The Balaban J connectivity index is 1.73. The maximum absolute atomic E-state index is 13.2. The summed E-state index contributed by atoms with van der Waals surface area (Å²) in [6.45, 7) is 2.46. The van der Waals surface area contributed by atoms with Crippen molar-refractivity contribution in [1.82, 2.24) is 15.2 Å². The van der Waals surface area contributed by atoms with Crippen LogP contribution in [0.1, 0.15) is 29.5 Å². The summed E-state index contributed by atoms with van der Waals surface area (Å²) in [6, 6.07) is 14.5. The lowest BCUT2D eigenvalue weighted by Crippen LogP contribution is -2.14. The van der Waals surface area contributed by atoms with Crippen molar-refractivity contribution >= 4 is 28.8 Å². The molecule has 0 aliphatic heterocycles. The first-order chi connectivity index (χ1) is 15.1. The summed E-state index contributed by atoms with van der Waals surface area (Å²) in [7, 11) is 0. The summed E-state index contributed by atoms with van der Waals surface area (Å²) in [5.41, 5.74) is 5.57. The number of hydrogen-bond acceptors (Lipinski definition) is 5. The highest BCUT2D eigenvalue weighted by molar-refractivity contribution is 6.03. The molecule has 158 valence electrons. The van der Waals surface area contributed by atoms with Crippen LogP contribution in [0, 0.1) is 5.82 Å². The van der Waals surface area contributed by atoms with Crippen LogP contribution in [0.2, 0.25) is 0 Å². The molecule has 0 spiro atoms. The van der Waals surface area contributed by atoms with E-state index in [1.807, 2.05) is 13.0 Å². The summed E-state index contributed by atoms with van der Waals surface area (Å²) in [6.07, 6.45) is 4.31. The average Bonchev–Trinajstić information content (AvgIpc) is 3.41. The van der Waals surface area contributed by atoms with E-state index in [1.165, 1.54) is 12.1 Å². The number of hydroxylamine groups is 1. The topological polar surface area (TPSA) is 89.5 Å². The van der Waals surface area contributed by atoms with Gasteiger partial charge in [-0.2, -0.15) is 0 Å². The molecule has 0 atom stereocenters.